The van der Waals surface area contributed by atoms with Gasteiger partial charge in [0.2, 0.25) is 0 Å². The molecule has 1 heterocycles. The van der Waals surface area contributed by atoms with Gasteiger partial charge in [-0.3, -0.25) is 4.57 Å². The fraction of sp³-hybridized carbons (Fsp3) is 0.429. The molecule has 0 unspecified atom stereocenters. The van der Waals surface area contributed by atoms with Crippen LogP contribution in [-0.2, 0) is 0 Å². The summed E-state index contributed by atoms with van der Waals surface area (Å²) in [5.74, 6) is 0.904. The molecule has 2 aromatic rings. The van der Waals surface area contributed by atoms with Crippen LogP contribution in [0.3, 0.4) is 0 Å². The monoisotopic (exact) mass is 293 g/mol. The summed E-state index contributed by atoms with van der Waals surface area (Å²) in [5, 5.41) is 10.4. The van der Waals surface area contributed by atoms with Crippen LogP contribution in [0.1, 0.15) is 31.7 Å². The Kier molecular flexibility index (Phi) is 3.80. The Bertz CT molecular complexity index is 576. The van der Waals surface area contributed by atoms with Gasteiger partial charge in [0.1, 0.15) is 0 Å². The highest BCUT2D eigenvalue weighted by atomic mass is 35.5. The molecule has 19 heavy (non-hydrogen) atoms. The van der Waals surface area contributed by atoms with Crippen molar-refractivity contribution >= 4 is 23.4 Å². The normalized spacial score (nSPS) is 16.1. The van der Waals surface area contributed by atoms with Crippen molar-refractivity contribution in [1.29, 1.82) is 0 Å². The van der Waals surface area contributed by atoms with Gasteiger partial charge in [-0.1, -0.05) is 48.3 Å². The zero-order valence-electron chi connectivity index (χ0n) is 10.8. The molecule has 5 heteroatoms. The van der Waals surface area contributed by atoms with E-state index in [1.165, 1.54) is 25.7 Å². The molecule has 1 aliphatic rings. The van der Waals surface area contributed by atoms with Gasteiger partial charge < -0.3 is 0 Å². The first-order chi connectivity index (χ1) is 9.31. The Morgan fingerprint density at radius 1 is 1.21 bits per heavy atom. The number of benzene rings is 1. The number of aromatic nitrogens is 3. The summed E-state index contributed by atoms with van der Waals surface area (Å²) in [7, 11) is 0. The minimum Gasteiger partial charge on any atom is -0.299 e. The summed E-state index contributed by atoms with van der Waals surface area (Å²) >= 11 is 7.95. The van der Waals surface area contributed by atoms with E-state index in [1.54, 1.807) is 11.8 Å². The summed E-state index contributed by atoms with van der Waals surface area (Å²) in [5.41, 5.74) is 0.976. The van der Waals surface area contributed by atoms with Crippen LogP contribution in [0.2, 0.25) is 5.02 Å². The second-order valence-electron chi connectivity index (χ2n) is 4.80. The molecule has 0 N–H and O–H groups in total. The van der Waals surface area contributed by atoms with E-state index >= 15 is 0 Å². The van der Waals surface area contributed by atoms with Crippen LogP contribution in [0.15, 0.2) is 29.4 Å². The van der Waals surface area contributed by atoms with E-state index in [9.17, 15) is 0 Å². The Balaban J connectivity index is 2.11. The van der Waals surface area contributed by atoms with E-state index < -0.39 is 0 Å². The van der Waals surface area contributed by atoms with Crippen LogP contribution in [0, 0.1) is 0 Å². The molecule has 0 saturated heterocycles. The van der Waals surface area contributed by atoms with Crippen LogP contribution in [0.25, 0.3) is 11.4 Å². The average Bonchev–Trinajstić information content (AvgIpc) is 3.07. The molecule has 0 atom stereocenters. The topological polar surface area (TPSA) is 30.7 Å². The highest BCUT2D eigenvalue weighted by Gasteiger charge is 2.24. The van der Waals surface area contributed by atoms with E-state index in [0.717, 1.165) is 21.6 Å². The van der Waals surface area contributed by atoms with Crippen LogP contribution in [0.4, 0.5) is 0 Å². The maximum absolute atomic E-state index is 6.30. The molecule has 0 aliphatic heterocycles. The highest BCUT2D eigenvalue weighted by molar-refractivity contribution is 7.98. The Morgan fingerprint density at radius 2 is 1.95 bits per heavy atom. The van der Waals surface area contributed by atoms with Gasteiger partial charge in [0.05, 0.1) is 5.02 Å². The molecule has 3 nitrogen and oxygen atoms in total. The van der Waals surface area contributed by atoms with Crippen LogP contribution < -0.4 is 0 Å². The second kappa shape index (κ2) is 5.55. The summed E-state index contributed by atoms with van der Waals surface area (Å²) in [6.07, 6.45) is 7.05. The lowest BCUT2D eigenvalue weighted by atomic mass is 10.2. The summed E-state index contributed by atoms with van der Waals surface area (Å²) in [4.78, 5) is 0. The Morgan fingerprint density at radius 3 is 2.63 bits per heavy atom. The van der Waals surface area contributed by atoms with Crippen molar-refractivity contribution in [3.8, 4) is 11.4 Å². The van der Waals surface area contributed by atoms with Gasteiger partial charge in [0.25, 0.3) is 0 Å². The third-order valence-electron chi connectivity index (χ3n) is 3.65. The first kappa shape index (κ1) is 13.0. The summed E-state index contributed by atoms with van der Waals surface area (Å²) < 4.78 is 2.28. The molecule has 1 aromatic heterocycles. The Labute approximate surface area is 122 Å². The molecule has 1 aliphatic carbocycles. The standard InChI is InChI=1S/C14H16ClN3S/c1-19-14-17-16-13(11-8-4-5-9-12(11)15)18(14)10-6-2-3-7-10/h4-5,8-10H,2-3,6-7H2,1H3. The van der Waals surface area contributed by atoms with Crippen LogP contribution in [-0.4, -0.2) is 21.0 Å². The van der Waals surface area contributed by atoms with Gasteiger partial charge in [0, 0.05) is 11.6 Å². The predicted molar refractivity (Wildman–Crippen MR) is 79.8 cm³/mol. The molecule has 0 spiro atoms. The quantitative estimate of drug-likeness (QED) is 0.784. The number of nitrogens with zero attached hydrogens (tertiary/aromatic N) is 3. The third-order valence-corrected chi connectivity index (χ3v) is 4.62. The maximum Gasteiger partial charge on any atom is 0.191 e. The molecule has 1 fully saturated rings. The fourth-order valence-electron chi connectivity index (χ4n) is 2.73. The fourth-order valence-corrected chi connectivity index (χ4v) is 3.51. The highest BCUT2D eigenvalue weighted by Crippen LogP contribution is 2.37. The van der Waals surface area contributed by atoms with Gasteiger partial charge in [-0.15, -0.1) is 10.2 Å². The number of rotatable bonds is 3. The SMILES string of the molecule is CSc1nnc(-c2ccccc2Cl)n1C1CCCC1. The van der Waals surface area contributed by atoms with Gasteiger partial charge >= 0.3 is 0 Å². The largest absolute Gasteiger partial charge is 0.299 e. The van der Waals surface area contributed by atoms with Crippen molar-refractivity contribution < 1.29 is 0 Å². The number of halogens is 1. The van der Waals surface area contributed by atoms with E-state index in [-0.39, 0.29) is 0 Å². The first-order valence-corrected chi connectivity index (χ1v) is 8.15. The molecule has 0 bridgehead atoms. The number of thioether (sulfide) groups is 1. The minimum absolute atomic E-state index is 0.517. The van der Waals surface area contributed by atoms with Crippen molar-refractivity contribution in [3.63, 3.8) is 0 Å². The third kappa shape index (κ3) is 2.39. The van der Waals surface area contributed by atoms with Crippen LogP contribution >= 0.6 is 23.4 Å². The van der Waals surface area contributed by atoms with Gasteiger partial charge in [-0.2, -0.15) is 0 Å². The van der Waals surface area contributed by atoms with Crippen LogP contribution in [0.5, 0.6) is 0 Å². The van der Waals surface area contributed by atoms with Gasteiger partial charge in [0.15, 0.2) is 11.0 Å². The average molecular weight is 294 g/mol. The molecule has 0 radical (unpaired) electrons. The maximum atomic E-state index is 6.30. The van der Waals surface area contributed by atoms with E-state index in [4.69, 9.17) is 11.6 Å². The van der Waals surface area contributed by atoms with Crippen molar-refractivity contribution in [1.82, 2.24) is 14.8 Å². The van der Waals surface area contributed by atoms with E-state index in [1.807, 2.05) is 30.5 Å². The zero-order valence-corrected chi connectivity index (χ0v) is 12.4. The molecule has 1 saturated carbocycles. The molecule has 0 amide bonds. The molecule has 100 valence electrons. The van der Waals surface area contributed by atoms with Gasteiger partial charge in [-0.25, -0.2) is 0 Å². The van der Waals surface area contributed by atoms with Crippen molar-refractivity contribution in [2.24, 2.45) is 0 Å². The molecule has 1 aromatic carbocycles. The van der Waals surface area contributed by atoms with Crippen molar-refractivity contribution in [2.75, 3.05) is 6.26 Å². The zero-order chi connectivity index (χ0) is 13.2. The summed E-state index contributed by atoms with van der Waals surface area (Å²) in [6, 6.07) is 8.37. The lowest BCUT2D eigenvalue weighted by Crippen LogP contribution is -2.08. The number of hydrogen-bond donors (Lipinski definition) is 0. The molecule has 3 rings (SSSR count). The Hall–Kier alpha value is -1.00. The predicted octanol–water partition coefficient (Wildman–Crippen LogP) is 4.44. The summed E-state index contributed by atoms with van der Waals surface area (Å²) in [6.45, 7) is 0. The van der Waals surface area contributed by atoms with E-state index in [0.29, 0.717) is 6.04 Å². The molecular weight excluding hydrogens is 278 g/mol. The molecular formula is C14H16ClN3S. The second-order valence-corrected chi connectivity index (χ2v) is 5.98. The first-order valence-electron chi connectivity index (χ1n) is 6.55. The minimum atomic E-state index is 0.517. The lowest BCUT2D eigenvalue weighted by Gasteiger charge is -2.16. The van der Waals surface area contributed by atoms with Crippen molar-refractivity contribution in [3.05, 3.63) is 29.3 Å². The van der Waals surface area contributed by atoms with Crippen molar-refractivity contribution in [2.45, 2.75) is 36.9 Å². The smallest absolute Gasteiger partial charge is 0.191 e. The van der Waals surface area contributed by atoms with Gasteiger partial charge in [-0.05, 0) is 31.2 Å². The van der Waals surface area contributed by atoms with E-state index in [2.05, 4.69) is 14.8 Å². The number of hydrogen-bond acceptors (Lipinski definition) is 3. The lowest BCUT2D eigenvalue weighted by molar-refractivity contribution is 0.486.